The van der Waals surface area contributed by atoms with Crippen LogP contribution in [-0.4, -0.2) is 49.8 Å². The average molecular weight is 198 g/mol. The summed E-state index contributed by atoms with van der Waals surface area (Å²) < 4.78 is 5.79. The fourth-order valence-electron chi connectivity index (χ4n) is 2.42. The Balaban J connectivity index is 1.62. The summed E-state index contributed by atoms with van der Waals surface area (Å²) in [7, 11) is 0. The monoisotopic (exact) mass is 198 g/mol. The first kappa shape index (κ1) is 10.4. The van der Waals surface area contributed by atoms with Gasteiger partial charge in [-0.05, 0) is 25.8 Å². The van der Waals surface area contributed by atoms with Crippen LogP contribution in [0.15, 0.2) is 0 Å². The molecular formula is C11H22N2O. The van der Waals surface area contributed by atoms with E-state index in [2.05, 4.69) is 17.1 Å². The van der Waals surface area contributed by atoms with Crippen LogP contribution in [-0.2, 0) is 4.74 Å². The van der Waals surface area contributed by atoms with Gasteiger partial charge < -0.3 is 10.1 Å². The third-order valence-corrected chi connectivity index (χ3v) is 3.15. The lowest BCUT2D eigenvalue weighted by Gasteiger charge is -2.32. The summed E-state index contributed by atoms with van der Waals surface area (Å²) in [6, 6.07) is 0. The van der Waals surface area contributed by atoms with E-state index in [1.165, 1.54) is 25.8 Å². The number of rotatable bonds is 5. The second kappa shape index (κ2) is 5.10. The van der Waals surface area contributed by atoms with Gasteiger partial charge in [0.25, 0.3) is 0 Å². The number of morpholine rings is 1. The molecule has 14 heavy (non-hydrogen) atoms. The number of likely N-dealkylation sites (tertiary alicyclic amines) is 1. The van der Waals surface area contributed by atoms with Crippen LogP contribution in [0, 0.1) is 0 Å². The summed E-state index contributed by atoms with van der Waals surface area (Å²) >= 11 is 0. The third kappa shape index (κ3) is 2.69. The molecule has 2 atom stereocenters. The molecule has 2 aliphatic rings. The van der Waals surface area contributed by atoms with Gasteiger partial charge in [0.15, 0.2) is 0 Å². The van der Waals surface area contributed by atoms with Crippen LogP contribution in [0.25, 0.3) is 0 Å². The van der Waals surface area contributed by atoms with Gasteiger partial charge in [-0.1, -0.05) is 6.92 Å². The first-order valence-corrected chi connectivity index (χ1v) is 5.97. The molecule has 3 heteroatoms. The van der Waals surface area contributed by atoms with Crippen molar-refractivity contribution < 1.29 is 4.74 Å². The summed E-state index contributed by atoms with van der Waals surface area (Å²) in [5, 5.41) is 3.45. The summed E-state index contributed by atoms with van der Waals surface area (Å²) in [4.78, 5) is 2.55. The first-order chi connectivity index (χ1) is 6.88. The van der Waals surface area contributed by atoms with Gasteiger partial charge in [-0.15, -0.1) is 0 Å². The molecule has 82 valence electrons. The van der Waals surface area contributed by atoms with E-state index in [-0.39, 0.29) is 0 Å². The van der Waals surface area contributed by atoms with E-state index in [1.54, 1.807) is 0 Å². The Morgan fingerprint density at radius 2 is 1.93 bits per heavy atom. The fraction of sp³-hybridized carbons (Fsp3) is 1.00. The van der Waals surface area contributed by atoms with E-state index in [9.17, 15) is 0 Å². The van der Waals surface area contributed by atoms with E-state index >= 15 is 0 Å². The average Bonchev–Trinajstić information content (AvgIpc) is 2.53. The maximum atomic E-state index is 5.79. The van der Waals surface area contributed by atoms with Gasteiger partial charge in [0.2, 0.25) is 0 Å². The molecule has 2 saturated heterocycles. The highest BCUT2D eigenvalue weighted by Crippen LogP contribution is 2.25. The van der Waals surface area contributed by atoms with Crippen molar-refractivity contribution in [2.45, 2.75) is 38.4 Å². The maximum absolute atomic E-state index is 5.79. The van der Waals surface area contributed by atoms with Crippen molar-refractivity contribution in [2.75, 3.05) is 32.7 Å². The highest BCUT2D eigenvalue weighted by molar-refractivity contribution is 4.84. The van der Waals surface area contributed by atoms with Crippen molar-refractivity contribution in [3.05, 3.63) is 0 Å². The SMILES string of the molecule is CCCNCCN1CC2CCC(C1)O2. The lowest BCUT2D eigenvalue weighted by Crippen LogP contribution is -2.45. The van der Waals surface area contributed by atoms with Crippen LogP contribution in [0.2, 0.25) is 0 Å². The fourth-order valence-corrected chi connectivity index (χ4v) is 2.42. The van der Waals surface area contributed by atoms with Crippen molar-refractivity contribution in [2.24, 2.45) is 0 Å². The Bertz CT molecular complexity index is 163. The molecule has 0 amide bonds. The van der Waals surface area contributed by atoms with Crippen LogP contribution in [0.4, 0.5) is 0 Å². The number of hydrogen-bond donors (Lipinski definition) is 1. The highest BCUT2D eigenvalue weighted by Gasteiger charge is 2.32. The zero-order chi connectivity index (χ0) is 9.80. The van der Waals surface area contributed by atoms with Gasteiger partial charge in [-0.25, -0.2) is 0 Å². The van der Waals surface area contributed by atoms with E-state index in [0.29, 0.717) is 12.2 Å². The normalized spacial score (nSPS) is 32.4. The highest BCUT2D eigenvalue weighted by atomic mass is 16.5. The molecule has 2 heterocycles. The van der Waals surface area contributed by atoms with Gasteiger partial charge in [0, 0.05) is 26.2 Å². The molecule has 0 aromatic heterocycles. The second-order valence-corrected chi connectivity index (χ2v) is 4.47. The number of nitrogens with one attached hydrogen (secondary N) is 1. The molecule has 2 rings (SSSR count). The largest absolute Gasteiger partial charge is 0.372 e. The molecule has 2 fully saturated rings. The Labute approximate surface area is 86.8 Å². The van der Waals surface area contributed by atoms with Gasteiger partial charge in [-0.3, -0.25) is 4.90 Å². The molecule has 0 spiro atoms. The molecule has 0 aromatic carbocycles. The van der Waals surface area contributed by atoms with Crippen LogP contribution >= 0.6 is 0 Å². The zero-order valence-electron chi connectivity index (χ0n) is 9.17. The molecule has 2 aliphatic heterocycles. The van der Waals surface area contributed by atoms with Crippen LogP contribution in [0.3, 0.4) is 0 Å². The van der Waals surface area contributed by atoms with E-state index < -0.39 is 0 Å². The molecule has 0 radical (unpaired) electrons. The summed E-state index contributed by atoms with van der Waals surface area (Å²) in [5.74, 6) is 0. The van der Waals surface area contributed by atoms with Crippen LogP contribution < -0.4 is 5.32 Å². The third-order valence-electron chi connectivity index (χ3n) is 3.15. The summed E-state index contributed by atoms with van der Waals surface area (Å²) in [6.07, 6.45) is 4.88. The Kier molecular flexibility index (Phi) is 3.79. The van der Waals surface area contributed by atoms with Gasteiger partial charge in [0.1, 0.15) is 0 Å². The van der Waals surface area contributed by atoms with Crippen LogP contribution in [0.5, 0.6) is 0 Å². The molecule has 2 unspecified atom stereocenters. The van der Waals surface area contributed by atoms with Crippen molar-refractivity contribution in [1.82, 2.24) is 10.2 Å². The standard InChI is InChI=1S/C11H22N2O/c1-2-5-12-6-7-13-8-10-3-4-11(9-13)14-10/h10-12H,2-9H2,1H3. The Morgan fingerprint density at radius 1 is 1.21 bits per heavy atom. The minimum Gasteiger partial charge on any atom is -0.372 e. The van der Waals surface area contributed by atoms with Crippen molar-refractivity contribution in [1.29, 1.82) is 0 Å². The van der Waals surface area contributed by atoms with Gasteiger partial charge in [0.05, 0.1) is 12.2 Å². The van der Waals surface area contributed by atoms with Gasteiger partial charge >= 0.3 is 0 Å². The maximum Gasteiger partial charge on any atom is 0.0707 e. The molecule has 0 aliphatic carbocycles. The number of ether oxygens (including phenoxy) is 1. The minimum absolute atomic E-state index is 0.542. The topological polar surface area (TPSA) is 24.5 Å². The molecule has 0 saturated carbocycles. The number of nitrogens with zero attached hydrogens (tertiary/aromatic N) is 1. The van der Waals surface area contributed by atoms with E-state index in [4.69, 9.17) is 4.74 Å². The first-order valence-electron chi connectivity index (χ1n) is 5.97. The quantitative estimate of drug-likeness (QED) is 0.663. The molecule has 1 N–H and O–H groups in total. The predicted octanol–water partition coefficient (Wildman–Crippen LogP) is 0.849. The second-order valence-electron chi connectivity index (χ2n) is 4.47. The van der Waals surface area contributed by atoms with Crippen molar-refractivity contribution >= 4 is 0 Å². The van der Waals surface area contributed by atoms with Crippen molar-refractivity contribution in [3.8, 4) is 0 Å². The molecule has 2 bridgehead atoms. The van der Waals surface area contributed by atoms with Crippen LogP contribution in [0.1, 0.15) is 26.2 Å². The molecule has 3 nitrogen and oxygen atoms in total. The Morgan fingerprint density at radius 3 is 2.57 bits per heavy atom. The van der Waals surface area contributed by atoms with Gasteiger partial charge in [-0.2, -0.15) is 0 Å². The Hall–Kier alpha value is -0.120. The lowest BCUT2D eigenvalue weighted by atomic mass is 10.2. The predicted molar refractivity (Wildman–Crippen MR) is 57.5 cm³/mol. The smallest absolute Gasteiger partial charge is 0.0707 e. The zero-order valence-corrected chi connectivity index (χ0v) is 9.17. The number of fused-ring (bicyclic) bond motifs is 2. The van der Waals surface area contributed by atoms with E-state index in [0.717, 1.165) is 26.2 Å². The summed E-state index contributed by atoms with van der Waals surface area (Å²) in [5.41, 5.74) is 0. The molecule has 0 aromatic rings. The number of hydrogen-bond acceptors (Lipinski definition) is 3. The van der Waals surface area contributed by atoms with Crippen molar-refractivity contribution in [3.63, 3.8) is 0 Å². The minimum atomic E-state index is 0.542. The molecular weight excluding hydrogens is 176 g/mol. The summed E-state index contributed by atoms with van der Waals surface area (Å²) in [6.45, 7) is 8.00. The van der Waals surface area contributed by atoms with E-state index in [1.807, 2.05) is 0 Å². The lowest BCUT2D eigenvalue weighted by molar-refractivity contribution is -0.0376.